The first-order valence-electron chi connectivity index (χ1n) is 8.88. The summed E-state index contributed by atoms with van der Waals surface area (Å²) in [5.41, 5.74) is 0.783. The van der Waals surface area contributed by atoms with Crippen LogP contribution in [0.1, 0.15) is 25.3 Å². The lowest BCUT2D eigenvalue weighted by atomic mass is 9.88. The molecule has 0 radical (unpaired) electrons. The van der Waals surface area contributed by atoms with Crippen molar-refractivity contribution in [2.45, 2.75) is 19.8 Å². The van der Waals surface area contributed by atoms with Crippen LogP contribution in [0.25, 0.3) is 0 Å². The molecule has 2 fully saturated rings. The molecule has 0 spiro atoms. The number of carbonyl (C=O) groups is 2. The second-order valence-electron chi connectivity index (χ2n) is 7.10. The first-order chi connectivity index (χ1) is 12.0. The van der Waals surface area contributed by atoms with Crippen LogP contribution in [-0.4, -0.2) is 61.0 Å². The summed E-state index contributed by atoms with van der Waals surface area (Å²) in [5, 5.41) is 0. The van der Waals surface area contributed by atoms with Crippen LogP contribution in [0.15, 0.2) is 24.3 Å². The van der Waals surface area contributed by atoms with E-state index in [0.29, 0.717) is 39.4 Å². The smallest absolute Gasteiger partial charge is 0.228 e. The molecule has 2 amide bonds. The molecule has 6 heteroatoms. The summed E-state index contributed by atoms with van der Waals surface area (Å²) in [6, 6.07) is 6.38. The second-order valence-corrected chi connectivity index (χ2v) is 7.10. The van der Waals surface area contributed by atoms with Gasteiger partial charge in [0.2, 0.25) is 11.8 Å². The van der Waals surface area contributed by atoms with Gasteiger partial charge in [-0.1, -0.05) is 26.0 Å². The average molecular weight is 348 g/mol. The fourth-order valence-electron chi connectivity index (χ4n) is 3.69. The highest BCUT2D eigenvalue weighted by atomic mass is 19.1. The summed E-state index contributed by atoms with van der Waals surface area (Å²) in [6.07, 6.45) is 0. The fourth-order valence-corrected chi connectivity index (χ4v) is 3.69. The Balaban J connectivity index is 1.85. The van der Waals surface area contributed by atoms with Gasteiger partial charge in [-0.25, -0.2) is 4.39 Å². The first-order valence-corrected chi connectivity index (χ1v) is 8.88. The third kappa shape index (κ3) is 3.84. The Morgan fingerprint density at radius 2 is 1.88 bits per heavy atom. The number of ether oxygens (including phenoxy) is 1. The van der Waals surface area contributed by atoms with Crippen molar-refractivity contribution >= 4 is 11.8 Å². The van der Waals surface area contributed by atoms with E-state index in [2.05, 4.69) is 0 Å². The van der Waals surface area contributed by atoms with Gasteiger partial charge in [0, 0.05) is 38.0 Å². The van der Waals surface area contributed by atoms with Crippen molar-refractivity contribution in [1.29, 1.82) is 0 Å². The van der Waals surface area contributed by atoms with Crippen LogP contribution in [-0.2, 0) is 14.3 Å². The van der Waals surface area contributed by atoms with Crippen molar-refractivity contribution in [2.75, 3.05) is 39.4 Å². The molecule has 2 atom stereocenters. The summed E-state index contributed by atoms with van der Waals surface area (Å²) < 4.78 is 19.0. The summed E-state index contributed by atoms with van der Waals surface area (Å²) in [4.78, 5) is 29.0. The van der Waals surface area contributed by atoms with Gasteiger partial charge in [-0.3, -0.25) is 9.59 Å². The van der Waals surface area contributed by atoms with Crippen LogP contribution < -0.4 is 0 Å². The van der Waals surface area contributed by atoms with E-state index in [-0.39, 0.29) is 35.4 Å². The summed E-state index contributed by atoms with van der Waals surface area (Å²) in [7, 11) is 0. The van der Waals surface area contributed by atoms with Crippen LogP contribution in [0.2, 0.25) is 0 Å². The Kier molecular flexibility index (Phi) is 5.37. The topological polar surface area (TPSA) is 49.9 Å². The van der Waals surface area contributed by atoms with Gasteiger partial charge in [0.15, 0.2) is 0 Å². The monoisotopic (exact) mass is 348 g/mol. The number of rotatable bonds is 3. The SMILES string of the molecule is CC(C)C(=O)N1CC(C(=O)N2CCOCC2)C(c2cccc(F)c2)C1. The van der Waals surface area contributed by atoms with Crippen LogP contribution in [0.4, 0.5) is 4.39 Å². The number of hydrogen-bond donors (Lipinski definition) is 0. The Hall–Kier alpha value is -1.95. The molecule has 1 aromatic rings. The summed E-state index contributed by atoms with van der Waals surface area (Å²) in [5.74, 6) is -0.860. The van der Waals surface area contributed by atoms with Crippen LogP contribution in [0.5, 0.6) is 0 Å². The highest BCUT2D eigenvalue weighted by Gasteiger charge is 2.42. The molecule has 0 aliphatic carbocycles. The van der Waals surface area contributed by atoms with Crippen molar-refractivity contribution in [3.63, 3.8) is 0 Å². The Morgan fingerprint density at radius 3 is 2.52 bits per heavy atom. The van der Waals surface area contributed by atoms with Crippen molar-refractivity contribution in [3.8, 4) is 0 Å². The van der Waals surface area contributed by atoms with Gasteiger partial charge in [0.25, 0.3) is 0 Å². The van der Waals surface area contributed by atoms with Gasteiger partial charge in [-0.2, -0.15) is 0 Å². The fraction of sp³-hybridized carbons (Fsp3) is 0.579. The van der Waals surface area contributed by atoms with E-state index in [4.69, 9.17) is 4.74 Å². The van der Waals surface area contributed by atoms with E-state index in [1.165, 1.54) is 12.1 Å². The molecule has 5 nitrogen and oxygen atoms in total. The van der Waals surface area contributed by atoms with E-state index in [1.807, 2.05) is 24.8 Å². The zero-order chi connectivity index (χ0) is 18.0. The predicted octanol–water partition coefficient (Wildman–Crippen LogP) is 1.88. The molecule has 0 aromatic heterocycles. The van der Waals surface area contributed by atoms with Crippen molar-refractivity contribution in [1.82, 2.24) is 9.80 Å². The molecule has 2 heterocycles. The Bertz CT molecular complexity index is 643. The standard InChI is InChI=1S/C19H25FN2O3/c1-13(2)18(23)22-11-16(14-4-3-5-15(20)10-14)17(12-22)19(24)21-6-8-25-9-7-21/h3-5,10,13,16-17H,6-9,11-12H2,1-2H3. The third-order valence-corrected chi connectivity index (χ3v) is 5.04. The van der Waals surface area contributed by atoms with Gasteiger partial charge >= 0.3 is 0 Å². The molecule has 1 aromatic carbocycles. The predicted molar refractivity (Wildman–Crippen MR) is 91.4 cm³/mol. The van der Waals surface area contributed by atoms with Crippen molar-refractivity contribution in [2.24, 2.45) is 11.8 Å². The molecule has 2 saturated heterocycles. The first kappa shape index (κ1) is 17.9. The number of halogens is 1. The molecular weight excluding hydrogens is 323 g/mol. The van der Waals surface area contributed by atoms with Gasteiger partial charge in [0.1, 0.15) is 5.82 Å². The zero-order valence-electron chi connectivity index (χ0n) is 14.8. The molecule has 25 heavy (non-hydrogen) atoms. The van der Waals surface area contributed by atoms with Crippen LogP contribution >= 0.6 is 0 Å². The Morgan fingerprint density at radius 1 is 1.16 bits per heavy atom. The number of benzene rings is 1. The quantitative estimate of drug-likeness (QED) is 0.838. The van der Waals surface area contributed by atoms with E-state index in [9.17, 15) is 14.0 Å². The number of likely N-dealkylation sites (tertiary alicyclic amines) is 1. The van der Waals surface area contributed by atoms with Crippen molar-refractivity contribution < 1.29 is 18.7 Å². The number of carbonyl (C=O) groups excluding carboxylic acids is 2. The normalized spacial score (nSPS) is 24.0. The van der Waals surface area contributed by atoms with E-state index in [0.717, 1.165) is 5.56 Å². The van der Waals surface area contributed by atoms with Gasteiger partial charge in [-0.15, -0.1) is 0 Å². The van der Waals surface area contributed by atoms with Gasteiger partial charge < -0.3 is 14.5 Å². The largest absolute Gasteiger partial charge is 0.378 e. The molecule has 2 aliphatic heterocycles. The maximum Gasteiger partial charge on any atom is 0.228 e. The van der Waals surface area contributed by atoms with Crippen LogP contribution in [0.3, 0.4) is 0 Å². The van der Waals surface area contributed by atoms with Gasteiger partial charge in [0.05, 0.1) is 19.1 Å². The van der Waals surface area contributed by atoms with Crippen molar-refractivity contribution in [3.05, 3.63) is 35.6 Å². The minimum Gasteiger partial charge on any atom is -0.378 e. The summed E-state index contributed by atoms with van der Waals surface area (Å²) in [6.45, 7) is 6.80. The minimum absolute atomic E-state index is 0.0385. The lowest BCUT2D eigenvalue weighted by Gasteiger charge is -2.30. The number of amides is 2. The van der Waals surface area contributed by atoms with E-state index >= 15 is 0 Å². The maximum atomic E-state index is 13.7. The Labute approximate surface area is 147 Å². The minimum atomic E-state index is -0.331. The van der Waals surface area contributed by atoms with Crippen LogP contribution in [0, 0.1) is 17.7 Å². The number of morpholine rings is 1. The third-order valence-electron chi connectivity index (χ3n) is 5.04. The second kappa shape index (κ2) is 7.52. The zero-order valence-corrected chi connectivity index (χ0v) is 14.8. The molecule has 2 unspecified atom stereocenters. The van der Waals surface area contributed by atoms with E-state index in [1.54, 1.807) is 11.0 Å². The molecular formula is C19H25FN2O3. The highest BCUT2D eigenvalue weighted by Crippen LogP contribution is 2.35. The number of hydrogen-bond acceptors (Lipinski definition) is 3. The summed E-state index contributed by atoms with van der Waals surface area (Å²) >= 11 is 0. The van der Waals surface area contributed by atoms with E-state index < -0.39 is 0 Å². The molecule has 2 aliphatic rings. The highest BCUT2D eigenvalue weighted by molar-refractivity contribution is 5.84. The lowest BCUT2D eigenvalue weighted by molar-refractivity contribution is -0.140. The molecule has 0 bridgehead atoms. The average Bonchev–Trinajstić information content (AvgIpc) is 3.06. The molecule has 3 rings (SSSR count). The maximum absolute atomic E-state index is 13.7. The molecule has 136 valence electrons. The molecule has 0 saturated carbocycles. The lowest BCUT2D eigenvalue weighted by Crippen LogP contribution is -2.45. The molecule has 0 N–H and O–H groups in total. The number of nitrogens with zero attached hydrogens (tertiary/aromatic N) is 2. The van der Waals surface area contributed by atoms with Gasteiger partial charge in [-0.05, 0) is 17.7 Å².